The first-order valence-corrected chi connectivity index (χ1v) is 13.3. The van der Waals surface area contributed by atoms with Crippen LogP contribution in [0.2, 0.25) is 0 Å². The van der Waals surface area contributed by atoms with Crippen molar-refractivity contribution in [3.05, 3.63) is 21.9 Å². The van der Waals surface area contributed by atoms with E-state index in [1.165, 1.54) is 82.0 Å². The van der Waals surface area contributed by atoms with Crippen LogP contribution in [0, 0.1) is 11.8 Å². The van der Waals surface area contributed by atoms with Crippen molar-refractivity contribution in [2.24, 2.45) is 0 Å². The average Bonchev–Trinajstić information content (AvgIpc) is 3.24. The molecule has 0 aliphatic carbocycles. The van der Waals surface area contributed by atoms with E-state index >= 15 is 0 Å². The van der Waals surface area contributed by atoms with Crippen molar-refractivity contribution in [2.75, 3.05) is 13.2 Å². The van der Waals surface area contributed by atoms with Crippen molar-refractivity contribution in [3.63, 3.8) is 0 Å². The van der Waals surface area contributed by atoms with Gasteiger partial charge in [-0.05, 0) is 25.5 Å². The molecule has 7 heteroatoms. The van der Waals surface area contributed by atoms with E-state index in [0.29, 0.717) is 11.4 Å². The molecule has 1 aromatic rings. The van der Waals surface area contributed by atoms with Crippen molar-refractivity contribution < 1.29 is 23.9 Å². The van der Waals surface area contributed by atoms with E-state index < -0.39 is 17.7 Å². The summed E-state index contributed by atoms with van der Waals surface area (Å²) in [4.78, 5) is 38.9. The summed E-state index contributed by atoms with van der Waals surface area (Å²) in [7, 11) is 0. The minimum absolute atomic E-state index is 0.0176. The molecule has 1 unspecified atom stereocenters. The lowest BCUT2D eigenvalue weighted by Gasteiger charge is -2.41. The summed E-state index contributed by atoms with van der Waals surface area (Å²) in [5.74, 6) is 5.28. The minimum Gasteiger partial charge on any atom is -0.466 e. The van der Waals surface area contributed by atoms with Crippen LogP contribution in [0.15, 0.2) is 12.1 Å². The zero-order valence-corrected chi connectivity index (χ0v) is 22.4. The third kappa shape index (κ3) is 10.3. The lowest BCUT2D eigenvalue weighted by molar-refractivity contribution is -0.194. The first-order valence-electron chi connectivity index (χ1n) is 12.5. The van der Waals surface area contributed by atoms with E-state index in [1.54, 1.807) is 0 Å². The molecule has 0 saturated heterocycles. The van der Waals surface area contributed by atoms with Crippen molar-refractivity contribution in [3.8, 4) is 11.8 Å². The number of thiophene rings is 1. The molecule has 0 fully saturated rings. The summed E-state index contributed by atoms with van der Waals surface area (Å²) in [5, 5.41) is 0. The molecular formula is C27H41NO5S. The van der Waals surface area contributed by atoms with Gasteiger partial charge in [0.05, 0.1) is 16.4 Å². The third-order valence-electron chi connectivity index (χ3n) is 5.55. The number of carbonyl (C=O) groups excluding carboxylic acids is 3. The minimum atomic E-state index is -1.34. The Bertz CT molecular complexity index is 838. The van der Waals surface area contributed by atoms with Crippen LogP contribution in [0.1, 0.15) is 109 Å². The van der Waals surface area contributed by atoms with Gasteiger partial charge < -0.3 is 14.4 Å². The Kier molecular flexibility index (Phi) is 14.3. The molecule has 1 amide bonds. The van der Waals surface area contributed by atoms with E-state index in [-0.39, 0.29) is 18.9 Å². The van der Waals surface area contributed by atoms with E-state index in [2.05, 4.69) is 18.8 Å². The van der Waals surface area contributed by atoms with Crippen LogP contribution in [0.5, 0.6) is 0 Å². The second-order valence-electron chi connectivity index (χ2n) is 8.42. The number of amides is 1. The van der Waals surface area contributed by atoms with Crippen LogP contribution < -0.4 is 0 Å². The normalized spacial score (nSPS) is 12.3. The Balaban J connectivity index is 2.91. The molecular weight excluding hydrogens is 450 g/mol. The number of hydrogen-bond acceptors (Lipinski definition) is 6. The van der Waals surface area contributed by atoms with Crippen LogP contribution in [-0.2, 0) is 29.6 Å². The quantitative estimate of drug-likeness (QED) is 0.127. The molecule has 6 nitrogen and oxygen atoms in total. The molecule has 0 radical (unpaired) electrons. The van der Waals surface area contributed by atoms with E-state index in [0.717, 1.165) is 17.7 Å². The van der Waals surface area contributed by atoms with Crippen molar-refractivity contribution in [2.45, 2.75) is 105 Å². The van der Waals surface area contributed by atoms with Gasteiger partial charge in [-0.25, -0.2) is 0 Å². The Morgan fingerprint density at radius 2 is 1.59 bits per heavy atom. The first-order chi connectivity index (χ1) is 16.3. The number of esters is 2. The number of unbranched alkanes of at least 4 members (excludes halogenated alkanes) is 8. The largest absolute Gasteiger partial charge is 0.466 e. The second kappa shape index (κ2) is 16.3. The van der Waals surface area contributed by atoms with Gasteiger partial charge in [-0.3, -0.25) is 14.4 Å². The SMILES string of the molecule is CCCCCCCCCCC#Cc1ccc(C(CCOC(C)=O)(OC(C)=O)N(CC)C(C)=O)s1. The number of rotatable bonds is 15. The fourth-order valence-corrected chi connectivity index (χ4v) is 5.01. The Morgan fingerprint density at radius 1 is 0.941 bits per heavy atom. The lowest BCUT2D eigenvalue weighted by Crippen LogP contribution is -2.51. The van der Waals surface area contributed by atoms with Crippen molar-refractivity contribution in [1.82, 2.24) is 4.90 Å². The number of hydrogen-bond donors (Lipinski definition) is 0. The fourth-order valence-electron chi connectivity index (χ4n) is 3.96. The number of carbonyl (C=O) groups is 3. The van der Waals surface area contributed by atoms with Crippen LogP contribution >= 0.6 is 11.3 Å². The molecule has 190 valence electrons. The topological polar surface area (TPSA) is 72.9 Å². The summed E-state index contributed by atoms with van der Waals surface area (Å²) in [6, 6.07) is 3.73. The molecule has 0 aliphatic heterocycles. The van der Waals surface area contributed by atoms with Crippen LogP contribution in [-0.4, -0.2) is 35.9 Å². The summed E-state index contributed by atoms with van der Waals surface area (Å²) >= 11 is 1.40. The van der Waals surface area contributed by atoms with Crippen molar-refractivity contribution in [1.29, 1.82) is 0 Å². The predicted octanol–water partition coefficient (Wildman–Crippen LogP) is 6.17. The van der Waals surface area contributed by atoms with E-state index in [9.17, 15) is 14.4 Å². The van der Waals surface area contributed by atoms with Crippen LogP contribution in [0.4, 0.5) is 0 Å². The molecule has 1 aromatic heterocycles. The van der Waals surface area contributed by atoms with Crippen LogP contribution in [0.25, 0.3) is 0 Å². The molecule has 1 rings (SSSR count). The van der Waals surface area contributed by atoms with Crippen LogP contribution in [0.3, 0.4) is 0 Å². The van der Waals surface area contributed by atoms with Gasteiger partial charge in [0.25, 0.3) is 0 Å². The molecule has 0 spiro atoms. The molecule has 0 saturated carbocycles. The highest BCUT2D eigenvalue weighted by molar-refractivity contribution is 7.12. The number of ether oxygens (including phenoxy) is 2. The first kappa shape index (κ1) is 29.7. The van der Waals surface area contributed by atoms with Gasteiger partial charge >= 0.3 is 11.9 Å². The van der Waals surface area contributed by atoms with E-state index in [4.69, 9.17) is 9.47 Å². The standard InChI is InChI=1S/C27H41NO5S/c1-6-8-9-10-11-12-13-14-15-16-17-25-18-19-26(34-25)27(33-24(5)31,20-21-32-23(4)30)28(7-2)22(3)29/h18-19H,6-15,20-21H2,1-5H3. The zero-order valence-electron chi connectivity index (χ0n) is 21.5. The summed E-state index contributed by atoms with van der Waals surface area (Å²) in [5.41, 5.74) is -1.34. The maximum absolute atomic E-state index is 12.5. The van der Waals surface area contributed by atoms with E-state index in [1.807, 2.05) is 19.1 Å². The highest BCUT2D eigenvalue weighted by Gasteiger charge is 2.44. The molecule has 1 atom stereocenters. The predicted molar refractivity (Wildman–Crippen MR) is 136 cm³/mol. The summed E-state index contributed by atoms with van der Waals surface area (Å²) in [6.07, 6.45) is 11.1. The Labute approximate surface area is 209 Å². The van der Waals surface area contributed by atoms with Gasteiger partial charge in [0.1, 0.15) is 0 Å². The third-order valence-corrected chi connectivity index (χ3v) is 6.68. The van der Waals surface area contributed by atoms with Gasteiger partial charge in [-0.1, -0.05) is 63.7 Å². The van der Waals surface area contributed by atoms with Gasteiger partial charge in [0.15, 0.2) is 0 Å². The molecule has 0 aromatic carbocycles. The lowest BCUT2D eigenvalue weighted by atomic mass is 10.0. The Hall–Kier alpha value is -2.33. The van der Waals surface area contributed by atoms with Gasteiger partial charge in [0.2, 0.25) is 11.6 Å². The molecule has 1 heterocycles. The molecule has 0 aliphatic rings. The molecule has 0 bridgehead atoms. The maximum atomic E-state index is 12.5. The number of nitrogens with zero attached hydrogens (tertiary/aromatic N) is 1. The monoisotopic (exact) mass is 491 g/mol. The van der Waals surface area contributed by atoms with Gasteiger partial charge in [-0.15, -0.1) is 11.3 Å². The second-order valence-corrected chi connectivity index (χ2v) is 9.51. The summed E-state index contributed by atoms with van der Waals surface area (Å²) in [6.45, 7) is 8.48. The zero-order chi connectivity index (χ0) is 25.4. The highest BCUT2D eigenvalue weighted by Crippen LogP contribution is 2.38. The molecule has 34 heavy (non-hydrogen) atoms. The summed E-state index contributed by atoms with van der Waals surface area (Å²) < 4.78 is 10.9. The van der Waals surface area contributed by atoms with Gasteiger partial charge in [-0.2, -0.15) is 0 Å². The smallest absolute Gasteiger partial charge is 0.305 e. The Morgan fingerprint density at radius 3 is 2.15 bits per heavy atom. The average molecular weight is 492 g/mol. The fraction of sp³-hybridized carbons (Fsp3) is 0.667. The highest BCUT2D eigenvalue weighted by atomic mass is 32.1. The van der Waals surface area contributed by atoms with Crippen molar-refractivity contribution >= 4 is 29.2 Å². The molecule has 0 N–H and O–H groups in total. The van der Waals surface area contributed by atoms with Gasteiger partial charge in [0, 0.05) is 40.2 Å². The maximum Gasteiger partial charge on any atom is 0.305 e.